The number of nitrogens with zero attached hydrogens (tertiary/aromatic N) is 3. The van der Waals surface area contributed by atoms with E-state index in [0.29, 0.717) is 36.3 Å². The van der Waals surface area contributed by atoms with E-state index in [0.717, 1.165) is 30.1 Å². The van der Waals surface area contributed by atoms with Gasteiger partial charge in [-0.05, 0) is 37.3 Å². The molecule has 7 heteroatoms. The minimum Gasteiger partial charge on any atom is -0.484 e. The number of carbonyl (C=O) groups is 1. The van der Waals surface area contributed by atoms with Crippen LogP contribution in [0.1, 0.15) is 11.5 Å². The van der Waals surface area contributed by atoms with Crippen LogP contribution in [-0.4, -0.2) is 53.5 Å². The molecule has 1 aliphatic rings. The first-order valence-corrected chi connectivity index (χ1v) is 10.4. The normalized spacial score (nSPS) is 14.7. The SMILES string of the molecule is Cc1oc(-c2cccc(Cl)c2)nc1CN1CCN(C(=O)COc2ccccc2)CC1. The Morgan fingerprint density at radius 1 is 1.10 bits per heavy atom. The zero-order chi connectivity index (χ0) is 20.9. The molecule has 1 aliphatic heterocycles. The second-order valence-corrected chi connectivity index (χ2v) is 7.73. The number of piperazine rings is 1. The van der Waals surface area contributed by atoms with Gasteiger partial charge < -0.3 is 14.1 Å². The molecule has 30 heavy (non-hydrogen) atoms. The number of hydrogen-bond donors (Lipinski definition) is 0. The van der Waals surface area contributed by atoms with E-state index in [9.17, 15) is 4.79 Å². The van der Waals surface area contributed by atoms with Gasteiger partial charge in [0.05, 0.1) is 5.69 Å². The van der Waals surface area contributed by atoms with Crippen molar-refractivity contribution in [3.8, 4) is 17.2 Å². The van der Waals surface area contributed by atoms with Gasteiger partial charge in [-0.1, -0.05) is 35.9 Å². The quantitative estimate of drug-likeness (QED) is 0.596. The summed E-state index contributed by atoms with van der Waals surface area (Å²) in [5.41, 5.74) is 1.78. The van der Waals surface area contributed by atoms with Gasteiger partial charge in [0.15, 0.2) is 6.61 Å². The molecule has 0 unspecified atom stereocenters. The lowest BCUT2D eigenvalue weighted by atomic mass is 10.2. The minimum atomic E-state index is 0.0133. The Labute approximate surface area is 181 Å². The number of hydrogen-bond acceptors (Lipinski definition) is 5. The first kappa shape index (κ1) is 20.4. The molecule has 3 aromatic rings. The fraction of sp³-hybridized carbons (Fsp3) is 0.304. The van der Waals surface area contributed by atoms with Crippen molar-refractivity contribution in [3.05, 3.63) is 71.1 Å². The molecule has 0 spiro atoms. The molecule has 0 radical (unpaired) electrons. The van der Waals surface area contributed by atoms with E-state index in [1.807, 2.05) is 66.4 Å². The van der Waals surface area contributed by atoms with Crippen molar-refractivity contribution in [2.45, 2.75) is 13.5 Å². The molecular formula is C23H24ClN3O3. The molecule has 2 aromatic carbocycles. The molecule has 0 atom stereocenters. The number of oxazole rings is 1. The summed E-state index contributed by atoms with van der Waals surface area (Å²) >= 11 is 6.07. The first-order valence-electron chi connectivity index (χ1n) is 9.99. The minimum absolute atomic E-state index is 0.0133. The third kappa shape index (κ3) is 5.01. The highest BCUT2D eigenvalue weighted by atomic mass is 35.5. The Kier molecular flexibility index (Phi) is 6.35. The van der Waals surface area contributed by atoms with Gasteiger partial charge in [-0.3, -0.25) is 9.69 Å². The Morgan fingerprint density at radius 3 is 2.60 bits per heavy atom. The summed E-state index contributed by atoms with van der Waals surface area (Å²) in [5.74, 6) is 2.11. The average Bonchev–Trinajstić information content (AvgIpc) is 3.13. The summed E-state index contributed by atoms with van der Waals surface area (Å²) in [7, 11) is 0. The molecule has 2 heterocycles. The Morgan fingerprint density at radius 2 is 1.87 bits per heavy atom. The standard InChI is InChI=1S/C23H24ClN3O3/c1-17-21(25-23(30-17)18-6-5-7-19(24)14-18)15-26-10-12-27(13-11-26)22(28)16-29-20-8-3-2-4-9-20/h2-9,14H,10-13,15-16H2,1H3. The van der Waals surface area contributed by atoms with Crippen molar-refractivity contribution < 1.29 is 13.9 Å². The fourth-order valence-electron chi connectivity index (χ4n) is 3.44. The Bertz CT molecular complexity index is 998. The summed E-state index contributed by atoms with van der Waals surface area (Å²) in [6.45, 7) is 5.61. The zero-order valence-corrected chi connectivity index (χ0v) is 17.6. The zero-order valence-electron chi connectivity index (χ0n) is 16.9. The van der Waals surface area contributed by atoms with Crippen LogP contribution in [0, 0.1) is 6.92 Å². The van der Waals surface area contributed by atoms with Crippen molar-refractivity contribution in [1.82, 2.24) is 14.8 Å². The third-order valence-electron chi connectivity index (χ3n) is 5.17. The Hall–Kier alpha value is -2.83. The number of halogens is 1. The highest BCUT2D eigenvalue weighted by Gasteiger charge is 2.23. The molecule has 0 N–H and O–H groups in total. The van der Waals surface area contributed by atoms with Crippen LogP contribution >= 0.6 is 11.6 Å². The van der Waals surface area contributed by atoms with Crippen molar-refractivity contribution in [2.75, 3.05) is 32.8 Å². The second kappa shape index (κ2) is 9.32. The lowest BCUT2D eigenvalue weighted by molar-refractivity contribution is -0.135. The second-order valence-electron chi connectivity index (χ2n) is 7.29. The number of amides is 1. The molecule has 1 fully saturated rings. The highest BCUT2D eigenvalue weighted by Crippen LogP contribution is 2.25. The smallest absolute Gasteiger partial charge is 0.260 e. The van der Waals surface area contributed by atoms with Crippen LogP contribution in [0.15, 0.2) is 59.0 Å². The molecule has 6 nitrogen and oxygen atoms in total. The fourth-order valence-corrected chi connectivity index (χ4v) is 3.63. The summed E-state index contributed by atoms with van der Waals surface area (Å²) in [6, 6.07) is 16.9. The number of rotatable bonds is 6. The topological polar surface area (TPSA) is 58.8 Å². The molecule has 1 aromatic heterocycles. The van der Waals surface area contributed by atoms with Crippen LogP contribution in [0.2, 0.25) is 5.02 Å². The van der Waals surface area contributed by atoms with Crippen LogP contribution < -0.4 is 4.74 Å². The maximum Gasteiger partial charge on any atom is 0.260 e. The van der Waals surface area contributed by atoms with Gasteiger partial charge in [-0.2, -0.15) is 0 Å². The molecule has 156 valence electrons. The van der Waals surface area contributed by atoms with Gasteiger partial charge in [-0.25, -0.2) is 4.98 Å². The lowest BCUT2D eigenvalue weighted by Crippen LogP contribution is -2.49. The maximum absolute atomic E-state index is 12.4. The highest BCUT2D eigenvalue weighted by molar-refractivity contribution is 6.30. The van der Waals surface area contributed by atoms with Gasteiger partial charge in [0.25, 0.3) is 5.91 Å². The van der Waals surface area contributed by atoms with Gasteiger partial charge in [0.2, 0.25) is 5.89 Å². The van der Waals surface area contributed by atoms with Gasteiger partial charge in [0, 0.05) is 43.3 Å². The number of para-hydroxylation sites is 1. The van der Waals surface area contributed by atoms with E-state index in [4.69, 9.17) is 20.8 Å². The van der Waals surface area contributed by atoms with Gasteiger partial charge in [-0.15, -0.1) is 0 Å². The lowest BCUT2D eigenvalue weighted by Gasteiger charge is -2.34. The molecule has 0 bridgehead atoms. The van der Waals surface area contributed by atoms with Crippen LogP contribution in [0.25, 0.3) is 11.5 Å². The van der Waals surface area contributed by atoms with E-state index >= 15 is 0 Å². The number of carbonyl (C=O) groups excluding carboxylic acids is 1. The molecule has 1 saturated heterocycles. The number of aryl methyl sites for hydroxylation is 1. The molecule has 4 rings (SSSR count). The van der Waals surface area contributed by atoms with E-state index < -0.39 is 0 Å². The van der Waals surface area contributed by atoms with E-state index in [-0.39, 0.29) is 12.5 Å². The average molecular weight is 426 g/mol. The van der Waals surface area contributed by atoms with Crippen molar-refractivity contribution in [1.29, 1.82) is 0 Å². The Balaban J connectivity index is 1.29. The van der Waals surface area contributed by atoms with E-state index in [2.05, 4.69) is 9.88 Å². The summed E-state index contributed by atoms with van der Waals surface area (Å²) in [4.78, 5) is 21.2. The van der Waals surface area contributed by atoms with Crippen molar-refractivity contribution >= 4 is 17.5 Å². The molecule has 1 amide bonds. The maximum atomic E-state index is 12.4. The predicted molar refractivity (Wildman–Crippen MR) is 115 cm³/mol. The summed E-state index contributed by atoms with van der Waals surface area (Å²) in [5, 5.41) is 0.655. The number of ether oxygens (including phenoxy) is 1. The van der Waals surface area contributed by atoms with Crippen LogP contribution in [0.5, 0.6) is 5.75 Å². The van der Waals surface area contributed by atoms with E-state index in [1.54, 1.807) is 0 Å². The van der Waals surface area contributed by atoms with Crippen molar-refractivity contribution in [3.63, 3.8) is 0 Å². The molecule has 0 saturated carbocycles. The third-order valence-corrected chi connectivity index (χ3v) is 5.40. The van der Waals surface area contributed by atoms with Crippen LogP contribution in [0.3, 0.4) is 0 Å². The summed E-state index contributed by atoms with van der Waals surface area (Å²) < 4.78 is 11.4. The summed E-state index contributed by atoms with van der Waals surface area (Å²) in [6.07, 6.45) is 0. The largest absolute Gasteiger partial charge is 0.484 e. The van der Waals surface area contributed by atoms with E-state index in [1.165, 1.54) is 0 Å². The number of aromatic nitrogens is 1. The number of benzene rings is 2. The van der Waals surface area contributed by atoms with Crippen molar-refractivity contribution in [2.24, 2.45) is 0 Å². The predicted octanol–water partition coefficient (Wildman–Crippen LogP) is 4.03. The van der Waals surface area contributed by atoms with Gasteiger partial charge in [0.1, 0.15) is 11.5 Å². The van der Waals surface area contributed by atoms with Crippen LogP contribution in [-0.2, 0) is 11.3 Å². The monoisotopic (exact) mass is 425 g/mol. The van der Waals surface area contributed by atoms with Crippen LogP contribution in [0.4, 0.5) is 0 Å². The molecule has 0 aliphatic carbocycles. The first-order chi connectivity index (χ1) is 14.6. The molecular weight excluding hydrogens is 402 g/mol. The van der Waals surface area contributed by atoms with Gasteiger partial charge >= 0.3 is 0 Å².